The van der Waals surface area contributed by atoms with Crippen molar-refractivity contribution >= 4 is 11.8 Å². The Morgan fingerprint density at radius 1 is 1.29 bits per heavy atom. The standard InChI is InChI=1S/C11H24N2S/c1-2-14-9-11(13-12)10-7-5-3-4-6-8-10/h10-11,13H,2-9,12H2,1H3. The summed E-state index contributed by atoms with van der Waals surface area (Å²) in [6, 6.07) is 0.540. The van der Waals surface area contributed by atoms with Crippen LogP contribution in [0, 0.1) is 5.92 Å². The Bertz CT molecular complexity index is 133. The second kappa shape index (κ2) is 7.55. The van der Waals surface area contributed by atoms with Gasteiger partial charge >= 0.3 is 0 Å². The second-order valence-corrected chi connectivity index (χ2v) is 5.50. The predicted octanol–water partition coefficient (Wildman–Crippen LogP) is 2.54. The van der Waals surface area contributed by atoms with E-state index in [1.54, 1.807) is 0 Å². The molecule has 0 spiro atoms. The Morgan fingerprint density at radius 3 is 2.43 bits per heavy atom. The predicted molar refractivity (Wildman–Crippen MR) is 65.3 cm³/mol. The van der Waals surface area contributed by atoms with Crippen molar-refractivity contribution in [2.45, 2.75) is 51.5 Å². The number of thioether (sulfide) groups is 1. The summed E-state index contributed by atoms with van der Waals surface area (Å²) in [4.78, 5) is 0. The number of hydrogen-bond acceptors (Lipinski definition) is 3. The monoisotopic (exact) mass is 216 g/mol. The Kier molecular flexibility index (Phi) is 6.65. The van der Waals surface area contributed by atoms with Gasteiger partial charge in [-0.25, -0.2) is 0 Å². The van der Waals surface area contributed by atoms with Crippen LogP contribution in [0.3, 0.4) is 0 Å². The summed E-state index contributed by atoms with van der Waals surface area (Å²) in [6.45, 7) is 2.21. The number of hydrogen-bond donors (Lipinski definition) is 2. The molecule has 0 aromatic carbocycles. The van der Waals surface area contributed by atoms with Gasteiger partial charge in [-0.2, -0.15) is 11.8 Å². The van der Waals surface area contributed by atoms with E-state index in [0.717, 1.165) is 5.92 Å². The van der Waals surface area contributed by atoms with E-state index in [1.165, 1.54) is 50.0 Å². The molecule has 0 saturated heterocycles. The molecule has 0 amide bonds. The van der Waals surface area contributed by atoms with Crippen LogP contribution in [-0.4, -0.2) is 17.5 Å². The van der Waals surface area contributed by atoms with E-state index >= 15 is 0 Å². The Balaban J connectivity index is 2.32. The van der Waals surface area contributed by atoms with Gasteiger partial charge in [0.2, 0.25) is 0 Å². The van der Waals surface area contributed by atoms with Crippen LogP contribution in [0.25, 0.3) is 0 Å². The first-order valence-electron chi connectivity index (χ1n) is 5.92. The van der Waals surface area contributed by atoms with Crippen molar-refractivity contribution in [1.29, 1.82) is 0 Å². The molecular formula is C11H24N2S. The zero-order valence-corrected chi connectivity index (χ0v) is 10.1. The molecule has 1 atom stereocenters. The first-order chi connectivity index (χ1) is 6.88. The molecule has 84 valence electrons. The molecule has 0 aliphatic heterocycles. The van der Waals surface area contributed by atoms with E-state index < -0.39 is 0 Å². The Morgan fingerprint density at radius 2 is 1.93 bits per heavy atom. The minimum atomic E-state index is 0.540. The third kappa shape index (κ3) is 4.20. The maximum absolute atomic E-state index is 5.63. The topological polar surface area (TPSA) is 38.0 Å². The van der Waals surface area contributed by atoms with Gasteiger partial charge in [-0.3, -0.25) is 11.3 Å². The van der Waals surface area contributed by atoms with E-state index in [0.29, 0.717) is 6.04 Å². The van der Waals surface area contributed by atoms with Crippen molar-refractivity contribution in [3.8, 4) is 0 Å². The van der Waals surface area contributed by atoms with Crippen LogP contribution in [0.2, 0.25) is 0 Å². The molecule has 1 unspecified atom stereocenters. The molecule has 1 rings (SSSR count). The number of nitrogens with one attached hydrogen (secondary N) is 1. The molecule has 3 heteroatoms. The first kappa shape index (κ1) is 12.3. The van der Waals surface area contributed by atoms with Crippen molar-refractivity contribution in [2.75, 3.05) is 11.5 Å². The molecule has 2 nitrogen and oxygen atoms in total. The highest BCUT2D eigenvalue weighted by Gasteiger charge is 2.21. The lowest BCUT2D eigenvalue weighted by Gasteiger charge is -2.24. The number of rotatable bonds is 5. The van der Waals surface area contributed by atoms with Gasteiger partial charge < -0.3 is 0 Å². The van der Waals surface area contributed by atoms with Crippen molar-refractivity contribution < 1.29 is 0 Å². The van der Waals surface area contributed by atoms with Crippen molar-refractivity contribution in [3.05, 3.63) is 0 Å². The number of nitrogens with two attached hydrogens (primary N) is 1. The van der Waals surface area contributed by atoms with E-state index in [4.69, 9.17) is 5.84 Å². The van der Waals surface area contributed by atoms with E-state index in [9.17, 15) is 0 Å². The summed E-state index contributed by atoms with van der Waals surface area (Å²) in [5.74, 6) is 8.83. The van der Waals surface area contributed by atoms with Crippen molar-refractivity contribution in [2.24, 2.45) is 11.8 Å². The molecule has 14 heavy (non-hydrogen) atoms. The summed E-state index contributed by atoms with van der Waals surface area (Å²) in [5.41, 5.74) is 3.01. The molecule has 0 bridgehead atoms. The van der Waals surface area contributed by atoms with Crippen molar-refractivity contribution in [1.82, 2.24) is 5.43 Å². The smallest absolute Gasteiger partial charge is 0.0329 e. The van der Waals surface area contributed by atoms with Gasteiger partial charge in [0.25, 0.3) is 0 Å². The molecule has 0 aromatic rings. The lowest BCUT2D eigenvalue weighted by molar-refractivity contribution is 0.346. The third-order valence-electron chi connectivity index (χ3n) is 3.18. The Labute approximate surface area is 92.4 Å². The van der Waals surface area contributed by atoms with Gasteiger partial charge in [0.05, 0.1) is 0 Å². The average molecular weight is 216 g/mol. The zero-order chi connectivity index (χ0) is 10.2. The quantitative estimate of drug-likeness (QED) is 0.421. The van der Waals surface area contributed by atoms with Crippen LogP contribution in [0.15, 0.2) is 0 Å². The van der Waals surface area contributed by atoms with Gasteiger partial charge in [0.15, 0.2) is 0 Å². The highest BCUT2D eigenvalue weighted by molar-refractivity contribution is 7.99. The van der Waals surface area contributed by atoms with Crippen LogP contribution in [0.1, 0.15) is 45.4 Å². The number of hydrazine groups is 1. The molecule has 1 fully saturated rings. The highest BCUT2D eigenvalue weighted by Crippen LogP contribution is 2.26. The van der Waals surface area contributed by atoms with Crippen LogP contribution in [0.5, 0.6) is 0 Å². The fourth-order valence-corrected chi connectivity index (χ4v) is 3.14. The van der Waals surface area contributed by atoms with E-state index in [2.05, 4.69) is 12.3 Å². The van der Waals surface area contributed by atoms with Crippen LogP contribution in [0.4, 0.5) is 0 Å². The maximum Gasteiger partial charge on any atom is 0.0329 e. The fourth-order valence-electron chi connectivity index (χ4n) is 2.28. The summed E-state index contributed by atoms with van der Waals surface area (Å²) >= 11 is 2.00. The molecule has 0 radical (unpaired) electrons. The molecule has 1 aliphatic rings. The zero-order valence-electron chi connectivity index (χ0n) is 9.30. The van der Waals surface area contributed by atoms with Gasteiger partial charge in [-0.05, 0) is 24.5 Å². The molecule has 1 aliphatic carbocycles. The summed E-state index contributed by atoms with van der Waals surface area (Å²) in [7, 11) is 0. The highest BCUT2D eigenvalue weighted by atomic mass is 32.2. The second-order valence-electron chi connectivity index (χ2n) is 4.18. The van der Waals surface area contributed by atoms with Gasteiger partial charge in [-0.1, -0.05) is 32.6 Å². The normalized spacial score (nSPS) is 21.9. The average Bonchev–Trinajstić information content (AvgIpc) is 2.48. The van der Waals surface area contributed by atoms with Gasteiger partial charge in [-0.15, -0.1) is 0 Å². The van der Waals surface area contributed by atoms with Crippen LogP contribution in [-0.2, 0) is 0 Å². The molecule has 0 heterocycles. The summed E-state index contributed by atoms with van der Waals surface area (Å²) in [6.07, 6.45) is 8.40. The summed E-state index contributed by atoms with van der Waals surface area (Å²) in [5, 5.41) is 0. The van der Waals surface area contributed by atoms with E-state index in [1.807, 2.05) is 11.8 Å². The van der Waals surface area contributed by atoms with Crippen molar-refractivity contribution in [3.63, 3.8) is 0 Å². The molecular weight excluding hydrogens is 192 g/mol. The lowest BCUT2D eigenvalue weighted by Crippen LogP contribution is -2.42. The lowest BCUT2D eigenvalue weighted by atomic mass is 9.93. The van der Waals surface area contributed by atoms with Crippen LogP contribution < -0.4 is 11.3 Å². The first-order valence-corrected chi connectivity index (χ1v) is 7.07. The van der Waals surface area contributed by atoms with E-state index in [-0.39, 0.29) is 0 Å². The maximum atomic E-state index is 5.63. The molecule has 3 N–H and O–H groups in total. The Hall–Kier alpha value is 0.270. The minimum Gasteiger partial charge on any atom is -0.271 e. The van der Waals surface area contributed by atoms with Crippen LogP contribution >= 0.6 is 11.8 Å². The van der Waals surface area contributed by atoms with Gasteiger partial charge in [0.1, 0.15) is 0 Å². The third-order valence-corrected chi connectivity index (χ3v) is 4.19. The summed E-state index contributed by atoms with van der Waals surface area (Å²) < 4.78 is 0. The van der Waals surface area contributed by atoms with Gasteiger partial charge in [0, 0.05) is 11.8 Å². The minimum absolute atomic E-state index is 0.540. The largest absolute Gasteiger partial charge is 0.271 e. The SMILES string of the molecule is CCSCC(NN)C1CCCCCC1. The fraction of sp³-hybridized carbons (Fsp3) is 1.00. The molecule has 1 saturated carbocycles. The molecule has 0 aromatic heterocycles.